The van der Waals surface area contributed by atoms with Gasteiger partial charge < -0.3 is 4.90 Å². The zero-order valence-electron chi connectivity index (χ0n) is 13.9. The predicted octanol–water partition coefficient (Wildman–Crippen LogP) is 2.19. The molecule has 5 rings (SSSR count). The maximum absolute atomic E-state index is 13.2. The lowest BCUT2D eigenvalue weighted by molar-refractivity contribution is -0.125. The topological polar surface area (TPSA) is 57.7 Å². The van der Waals surface area contributed by atoms with Crippen molar-refractivity contribution in [3.63, 3.8) is 0 Å². The van der Waals surface area contributed by atoms with Crippen LogP contribution in [-0.2, 0) is 14.4 Å². The van der Waals surface area contributed by atoms with E-state index in [-0.39, 0.29) is 23.6 Å². The van der Waals surface area contributed by atoms with Gasteiger partial charge in [-0.3, -0.25) is 14.4 Å². The minimum absolute atomic E-state index is 0.117. The van der Waals surface area contributed by atoms with Crippen LogP contribution >= 0.6 is 0 Å². The molecule has 3 aliphatic heterocycles. The molecule has 0 spiro atoms. The molecule has 0 saturated carbocycles. The van der Waals surface area contributed by atoms with Gasteiger partial charge in [-0.05, 0) is 30.3 Å². The van der Waals surface area contributed by atoms with Crippen LogP contribution in [0.1, 0.15) is 0 Å². The number of hydrogen-bond acceptors (Lipinski definition) is 4. The minimum Gasteiger partial charge on any atom is -0.353 e. The highest BCUT2D eigenvalue weighted by atomic mass is 16.2. The Hall–Kier alpha value is -3.21. The SMILES string of the molecule is O=C1C=C[C@H]2[C@@H]3C(=O)N(c4ccccc4)C(=O)[C@H]3[C@H]1N2c1ccccc1. The van der Waals surface area contributed by atoms with Crippen LogP contribution in [0.4, 0.5) is 11.4 Å². The highest BCUT2D eigenvalue weighted by Gasteiger charge is 2.64. The van der Waals surface area contributed by atoms with Gasteiger partial charge in [0.25, 0.3) is 0 Å². The Kier molecular flexibility index (Phi) is 3.13. The largest absolute Gasteiger partial charge is 0.353 e. The highest BCUT2D eigenvalue weighted by Crippen LogP contribution is 2.48. The van der Waals surface area contributed by atoms with Gasteiger partial charge in [0.15, 0.2) is 5.78 Å². The number of imide groups is 1. The molecule has 5 nitrogen and oxygen atoms in total. The van der Waals surface area contributed by atoms with Gasteiger partial charge in [0, 0.05) is 5.69 Å². The van der Waals surface area contributed by atoms with E-state index in [4.69, 9.17) is 0 Å². The molecule has 0 aromatic heterocycles. The van der Waals surface area contributed by atoms with E-state index in [2.05, 4.69) is 0 Å². The van der Waals surface area contributed by atoms with Gasteiger partial charge in [-0.1, -0.05) is 42.5 Å². The van der Waals surface area contributed by atoms with E-state index in [1.54, 1.807) is 30.3 Å². The lowest BCUT2D eigenvalue weighted by Gasteiger charge is -2.35. The molecule has 2 amide bonds. The van der Waals surface area contributed by atoms with Crippen LogP contribution in [-0.4, -0.2) is 29.7 Å². The number of carbonyl (C=O) groups excluding carboxylic acids is 3. The number of ketones is 1. The summed E-state index contributed by atoms with van der Waals surface area (Å²) in [6.07, 6.45) is 3.30. The van der Waals surface area contributed by atoms with Crippen LogP contribution in [0, 0.1) is 11.8 Å². The number of amides is 2. The van der Waals surface area contributed by atoms with Gasteiger partial charge >= 0.3 is 0 Å². The fourth-order valence-corrected chi connectivity index (χ4v) is 4.52. The van der Waals surface area contributed by atoms with E-state index < -0.39 is 17.9 Å². The lowest BCUT2D eigenvalue weighted by Crippen LogP contribution is -2.49. The molecule has 3 heterocycles. The molecule has 2 fully saturated rings. The Balaban J connectivity index is 1.61. The predicted molar refractivity (Wildman–Crippen MR) is 96.6 cm³/mol. The summed E-state index contributed by atoms with van der Waals surface area (Å²) in [6, 6.07) is 17.6. The first-order valence-corrected chi connectivity index (χ1v) is 8.67. The first kappa shape index (κ1) is 15.1. The van der Waals surface area contributed by atoms with Crippen LogP contribution in [0.2, 0.25) is 0 Å². The normalized spacial score (nSPS) is 29.5. The van der Waals surface area contributed by atoms with Crippen molar-refractivity contribution in [2.24, 2.45) is 11.8 Å². The van der Waals surface area contributed by atoms with Crippen LogP contribution in [0.3, 0.4) is 0 Å². The number of benzene rings is 2. The fraction of sp³-hybridized carbons (Fsp3) is 0.190. The lowest BCUT2D eigenvalue weighted by atomic mass is 9.90. The summed E-state index contributed by atoms with van der Waals surface area (Å²) in [5, 5.41) is 0. The number of hydrogen-bond donors (Lipinski definition) is 0. The van der Waals surface area contributed by atoms with Gasteiger partial charge in [-0.15, -0.1) is 0 Å². The fourth-order valence-electron chi connectivity index (χ4n) is 4.52. The second kappa shape index (κ2) is 5.39. The molecular weight excluding hydrogens is 328 g/mol. The molecule has 2 aromatic rings. The van der Waals surface area contributed by atoms with E-state index in [9.17, 15) is 14.4 Å². The average molecular weight is 344 g/mol. The van der Waals surface area contributed by atoms with Crippen LogP contribution in [0.5, 0.6) is 0 Å². The monoisotopic (exact) mass is 344 g/mol. The maximum Gasteiger partial charge on any atom is 0.240 e. The Morgan fingerprint density at radius 1 is 0.692 bits per heavy atom. The summed E-state index contributed by atoms with van der Waals surface area (Å²) in [5.74, 6) is -1.80. The zero-order chi connectivity index (χ0) is 17.8. The van der Waals surface area contributed by atoms with E-state index in [0.29, 0.717) is 5.69 Å². The van der Waals surface area contributed by atoms with Gasteiger partial charge in [0.2, 0.25) is 11.8 Å². The molecule has 0 radical (unpaired) electrons. The van der Waals surface area contributed by atoms with Crippen molar-refractivity contribution in [3.05, 3.63) is 72.8 Å². The number of anilines is 2. The molecule has 0 N–H and O–H groups in total. The standard InChI is InChI=1S/C21H16N2O3/c24-16-12-11-15-17-18(19(16)22(15)13-7-3-1-4-8-13)21(26)23(20(17)25)14-9-5-2-6-10-14/h1-12,15,17-19H/t15-,17-,18+,19-/m0/s1. The summed E-state index contributed by atoms with van der Waals surface area (Å²) >= 11 is 0. The quantitative estimate of drug-likeness (QED) is 0.784. The second-order valence-electron chi connectivity index (χ2n) is 6.84. The number of para-hydroxylation sites is 2. The van der Waals surface area contributed by atoms with Crippen molar-refractivity contribution < 1.29 is 14.4 Å². The Morgan fingerprint density at radius 2 is 1.27 bits per heavy atom. The van der Waals surface area contributed by atoms with Crippen LogP contribution in [0.15, 0.2) is 72.8 Å². The third-order valence-electron chi connectivity index (χ3n) is 5.54. The van der Waals surface area contributed by atoms with Gasteiger partial charge in [0.1, 0.15) is 6.04 Å². The van der Waals surface area contributed by atoms with Gasteiger partial charge in [-0.2, -0.15) is 0 Å². The highest BCUT2D eigenvalue weighted by molar-refractivity contribution is 6.25. The molecule has 2 aromatic carbocycles. The summed E-state index contributed by atoms with van der Waals surface area (Å²) in [5.41, 5.74) is 1.43. The molecule has 26 heavy (non-hydrogen) atoms. The Labute approximate surface area is 150 Å². The summed E-state index contributed by atoms with van der Waals surface area (Å²) in [6.45, 7) is 0. The Morgan fingerprint density at radius 3 is 1.92 bits per heavy atom. The number of fused-ring (bicyclic) bond motifs is 5. The third kappa shape index (κ3) is 1.88. The molecule has 4 atom stereocenters. The van der Waals surface area contributed by atoms with Gasteiger partial charge in [0.05, 0.1) is 23.6 Å². The smallest absolute Gasteiger partial charge is 0.240 e. The molecular formula is C21H16N2O3. The number of nitrogens with zero attached hydrogens (tertiary/aromatic N) is 2. The summed E-state index contributed by atoms with van der Waals surface area (Å²) in [7, 11) is 0. The molecule has 0 aliphatic carbocycles. The zero-order valence-corrected chi connectivity index (χ0v) is 13.9. The maximum atomic E-state index is 13.2. The second-order valence-corrected chi connectivity index (χ2v) is 6.84. The van der Waals surface area contributed by atoms with E-state index in [0.717, 1.165) is 5.69 Å². The van der Waals surface area contributed by atoms with Crippen LogP contribution in [0.25, 0.3) is 0 Å². The molecule has 0 unspecified atom stereocenters. The van der Waals surface area contributed by atoms with E-state index in [1.807, 2.05) is 41.3 Å². The van der Waals surface area contributed by atoms with Crippen molar-refractivity contribution in [1.29, 1.82) is 0 Å². The first-order valence-electron chi connectivity index (χ1n) is 8.67. The van der Waals surface area contributed by atoms with Gasteiger partial charge in [-0.25, -0.2) is 4.90 Å². The summed E-state index contributed by atoms with van der Waals surface area (Å²) in [4.78, 5) is 42.2. The molecule has 5 heteroatoms. The van der Waals surface area contributed by atoms with E-state index >= 15 is 0 Å². The number of rotatable bonds is 2. The van der Waals surface area contributed by atoms with Crippen molar-refractivity contribution in [2.75, 3.05) is 9.80 Å². The van der Waals surface area contributed by atoms with Crippen molar-refractivity contribution in [1.82, 2.24) is 0 Å². The van der Waals surface area contributed by atoms with Crippen molar-refractivity contribution in [2.45, 2.75) is 12.1 Å². The Bertz CT molecular complexity index is 938. The average Bonchev–Trinajstić information content (AvgIpc) is 3.09. The van der Waals surface area contributed by atoms with Crippen molar-refractivity contribution >= 4 is 29.0 Å². The number of carbonyl (C=O) groups is 3. The molecule has 2 bridgehead atoms. The van der Waals surface area contributed by atoms with Crippen molar-refractivity contribution in [3.8, 4) is 0 Å². The molecule has 128 valence electrons. The summed E-state index contributed by atoms with van der Waals surface area (Å²) < 4.78 is 0. The van der Waals surface area contributed by atoms with Crippen LogP contribution < -0.4 is 9.80 Å². The molecule has 2 saturated heterocycles. The molecule has 3 aliphatic rings. The first-order chi connectivity index (χ1) is 12.7. The minimum atomic E-state index is -0.643. The third-order valence-corrected chi connectivity index (χ3v) is 5.54. The van der Waals surface area contributed by atoms with E-state index in [1.165, 1.54) is 11.0 Å².